The van der Waals surface area contributed by atoms with Crippen LogP contribution in [-0.4, -0.2) is 32.9 Å². The van der Waals surface area contributed by atoms with Crippen molar-refractivity contribution in [2.45, 2.75) is 33.3 Å². The van der Waals surface area contributed by atoms with Crippen molar-refractivity contribution in [2.24, 2.45) is 7.05 Å². The molecule has 0 fully saturated rings. The zero-order valence-corrected chi connectivity index (χ0v) is 13.0. The first-order chi connectivity index (χ1) is 10.2. The summed E-state index contributed by atoms with van der Waals surface area (Å²) in [4.78, 5) is 9.07. The zero-order chi connectivity index (χ0) is 15.1. The third kappa shape index (κ3) is 4.53. The van der Waals surface area contributed by atoms with Crippen LogP contribution in [0.5, 0.6) is 0 Å². The maximum atomic E-state index is 5.55. The summed E-state index contributed by atoms with van der Waals surface area (Å²) in [6.07, 6.45) is 5.79. The largest absolute Gasteiger partial charge is 0.373 e. The van der Waals surface area contributed by atoms with E-state index in [1.54, 1.807) is 4.68 Å². The Bertz CT molecular complexity index is 567. The van der Waals surface area contributed by atoms with Gasteiger partial charge in [-0.3, -0.25) is 4.68 Å². The van der Waals surface area contributed by atoms with Crippen LogP contribution < -0.4 is 5.32 Å². The number of hydrogen-bond acceptors (Lipinski definition) is 5. The van der Waals surface area contributed by atoms with Crippen LogP contribution in [0.15, 0.2) is 18.5 Å². The number of hydrogen-bond donors (Lipinski definition) is 1. The maximum Gasteiger partial charge on any atom is 0.157 e. The van der Waals surface area contributed by atoms with E-state index in [9.17, 15) is 0 Å². The van der Waals surface area contributed by atoms with Crippen molar-refractivity contribution in [1.29, 1.82) is 0 Å². The Morgan fingerprint density at radius 3 is 2.76 bits per heavy atom. The van der Waals surface area contributed by atoms with Crippen molar-refractivity contribution in [3.63, 3.8) is 0 Å². The van der Waals surface area contributed by atoms with Gasteiger partial charge in [-0.05, 0) is 12.8 Å². The Kier molecular flexibility index (Phi) is 5.68. The van der Waals surface area contributed by atoms with E-state index in [2.05, 4.69) is 34.2 Å². The summed E-state index contributed by atoms with van der Waals surface area (Å²) in [6, 6.07) is 1.95. The Morgan fingerprint density at radius 2 is 2.10 bits per heavy atom. The Hall–Kier alpha value is -1.95. The molecule has 0 amide bonds. The summed E-state index contributed by atoms with van der Waals surface area (Å²) in [5.41, 5.74) is 1.85. The first-order valence-electron chi connectivity index (χ1n) is 7.41. The highest BCUT2D eigenvalue weighted by molar-refractivity contribution is 5.60. The first-order valence-corrected chi connectivity index (χ1v) is 7.41. The lowest BCUT2D eigenvalue weighted by molar-refractivity contribution is 0.116. The minimum atomic E-state index is 0.433. The smallest absolute Gasteiger partial charge is 0.157 e. The van der Waals surface area contributed by atoms with Crippen LogP contribution in [0.2, 0.25) is 0 Å². The van der Waals surface area contributed by atoms with E-state index in [0.29, 0.717) is 12.4 Å². The SMILES string of the molecule is CCCNc1cc(-c2cnn(C)c2)nc(COCCC)n1. The average Bonchev–Trinajstić information content (AvgIpc) is 2.92. The third-order valence-electron chi connectivity index (χ3n) is 2.91. The molecule has 2 heterocycles. The van der Waals surface area contributed by atoms with E-state index < -0.39 is 0 Å². The number of ether oxygens (including phenoxy) is 1. The molecule has 0 spiro atoms. The van der Waals surface area contributed by atoms with Crippen LogP contribution in [0.3, 0.4) is 0 Å². The van der Waals surface area contributed by atoms with Crippen molar-refractivity contribution in [3.8, 4) is 11.3 Å². The van der Waals surface area contributed by atoms with Gasteiger partial charge in [-0.15, -0.1) is 0 Å². The fourth-order valence-corrected chi connectivity index (χ4v) is 1.91. The summed E-state index contributed by atoms with van der Waals surface area (Å²) in [6.45, 7) is 6.25. The monoisotopic (exact) mass is 289 g/mol. The highest BCUT2D eigenvalue weighted by Gasteiger charge is 2.08. The highest BCUT2D eigenvalue weighted by atomic mass is 16.5. The van der Waals surface area contributed by atoms with E-state index in [0.717, 1.165) is 43.1 Å². The number of nitrogens with zero attached hydrogens (tertiary/aromatic N) is 4. The molecule has 6 nitrogen and oxygen atoms in total. The van der Waals surface area contributed by atoms with Crippen molar-refractivity contribution in [1.82, 2.24) is 19.7 Å². The van der Waals surface area contributed by atoms with Crippen LogP contribution in [-0.2, 0) is 18.4 Å². The summed E-state index contributed by atoms with van der Waals surface area (Å²) in [5, 5.41) is 7.50. The molecule has 0 aromatic carbocycles. The fraction of sp³-hybridized carbons (Fsp3) is 0.533. The average molecular weight is 289 g/mol. The van der Waals surface area contributed by atoms with Gasteiger partial charge in [0.1, 0.15) is 12.4 Å². The predicted molar refractivity (Wildman–Crippen MR) is 83.0 cm³/mol. The zero-order valence-electron chi connectivity index (χ0n) is 13.0. The molecule has 2 aromatic heterocycles. The van der Waals surface area contributed by atoms with Gasteiger partial charge >= 0.3 is 0 Å². The summed E-state index contributed by atoms with van der Waals surface area (Å²) < 4.78 is 7.32. The van der Waals surface area contributed by atoms with Gasteiger partial charge in [-0.2, -0.15) is 5.10 Å². The highest BCUT2D eigenvalue weighted by Crippen LogP contribution is 2.19. The van der Waals surface area contributed by atoms with Crippen LogP contribution in [0.1, 0.15) is 32.5 Å². The molecule has 6 heteroatoms. The topological polar surface area (TPSA) is 64.9 Å². The normalized spacial score (nSPS) is 10.8. The predicted octanol–water partition coefficient (Wildman–Crippen LogP) is 2.63. The molecule has 0 aliphatic carbocycles. The molecule has 0 unspecified atom stereocenters. The molecular formula is C15H23N5O. The quantitative estimate of drug-likeness (QED) is 0.757. The van der Waals surface area contributed by atoms with E-state index in [1.807, 2.05) is 25.5 Å². The summed E-state index contributed by atoms with van der Waals surface area (Å²) in [7, 11) is 1.90. The minimum Gasteiger partial charge on any atom is -0.373 e. The van der Waals surface area contributed by atoms with Gasteiger partial charge in [-0.25, -0.2) is 9.97 Å². The Balaban J connectivity index is 2.23. The molecule has 114 valence electrons. The van der Waals surface area contributed by atoms with Gasteiger partial charge in [0, 0.05) is 38.0 Å². The first kappa shape index (κ1) is 15.4. The van der Waals surface area contributed by atoms with Crippen molar-refractivity contribution in [3.05, 3.63) is 24.3 Å². The standard InChI is InChI=1S/C15H23N5O/c1-4-6-16-14-8-13(12-9-17-20(3)10-12)18-15(19-14)11-21-7-5-2/h8-10H,4-7,11H2,1-3H3,(H,16,18,19). The fourth-order valence-electron chi connectivity index (χ4n) is 1.91. The van der Waals surface area contributed by atoms with Crippen LogP contribution in [0, 0.1) is 0 Å². The molecule has 0 aliphatic heterocycles. The summed E-state index contributed by atoms with van der Waals surface area (Å²) in [5.74, 6) is 1.53. The second-order valence-corrected chi connectivity index (χ2v) is 4.94. The molecule has 2 aromatic rings. The second-order valence-electron chi connectivity index (χ2n) is 4.94. The molecule has 0 atom stereocenters. The van der Waals surface area contributed by atoms with Crippen molar-refractivity contribution >= 4 is 5.82 Å². The third-order valence-corrected chi connectivity index (χ3v) is 2.91. The van der Waals surface area contributed by atoms with Gasteiger partial charge in [0.25, 0.3) is 0 Å². The molecule has 1 N–H and O–H groups in total. The van der Waals surface area contributed by atoms with Crippen molar-refractivity contribution < 1.29 is 4.74 Å². The van der Waals surface area contributed by atoms with Gasteiger partial charge in [0.05, 0.1) is 11.9 Å². The van der Waals surface area contributed by atoms with Crippen LogP contribution >= 0.6 is 0 Å². The molecule has 21 heavy (non-hydrogen) atoms. The lowest BCUT2D eigenvalue weighted by atomic mass is 10.2. The lowest BCUT2D eigenvalue weighted by Crippen LogP contribution is -2.07. The van der Waals surface area contributed by atoms with Gasteiger partial charge in [-0.1, -0.05) is 13.8 Å². The minimum absolute atomic E-state index is 0.433. The number of aromatic nitrogens is 4. The van der Waals surface area contributed by atoms with E-state index in [1.165, 1.54) is 0 Å². The van der Waals surface area contributed by atoms with Gasteiger partial charge in [0.15, 0.2) is 5.82 Å². The van der Waals surface area contributed by atoms with Gasteiger partial charge < -0.3 is 10.1 Å². The molecule has 0 bridgehead atoms. The number of aryl methyl sites for hydroxylation is 1. The molecule has 0 aliphatic rings. The van der Waals surface area contributed by atoms with Gasteiger partial charge in [0.2, 0.25) is 0 Å². The molecule has 0 saturated heterocycles. The van der Waals surface area contributed by atoms with E-state index in [4.69, 9.17) is 4.74 Å². The van der Waals surface area contributed by atoms with E-state index >= 15 is 0 Å². The van der Waals surface area contributed by atoms with E-state index in [-0.39, 0.29) is 0 Å². The second kappa shape index (κ2) is 7.73. The number of rotatable bonds is 8. The van der Waals surface area contributed by atoms with Crippen LogP contribution in [0.4, 0.5) is 5.82 Å². The van der Waals surface area contributed by atoms with Crippen molar-refractivity contribution in [2.75, 3.05) is 18.5 Å². The number of anilines is 1. The summed E-state index contributed by atoms with van der Waals surface area (Å²) >= 11 is 0. The molecule has 2 rings (SSSR count). The molecule has 0 saturated carbocycles. The maximum absolute atomic E-state index is 5.55. The molecule has 0 radical (unpaired) electrons. The lowest BCUT2D eigenvalue weighted by Gasteiger charge is -2.09. The molecular weight excluding hydrogens is 266 g/mol. The van der Waals surface area contributed by atoms with Crippen LogP contribution in [0.25, 0.3) is 11.3 Å². The number of nitrogens with one attached hydrogen (secondary N) is 1. The Morgan fingerprint density at radius 1 is 1.24 bits per heavy atom. The Labute approximate surface area is 125 Å².